The van der Waals surface area contributed by atoms with E-state index in [-0.39, 0.29) is 11.3 Å². The van der Waals surface area contributed by atoms with E-state index in [4.69, 9.17) is 0 Å². The van der Waals surface area contributed by atoms with Gasteiger partial charge in [-0.3, -0.25) is 0 Å². The Hall–Kier alpha value is -1.03. The van der Waals surface area contributed by atoms with Crippen molar-refractivity contribution in [1.29, 1.82) is 0 Å². The van der Waals surface area contributed by atoms with Gasteiger partial charge in [-0.2, -0.15) is 0 Å². The third-order valence-electron chi connectivity index (χ3n) is 5.55. The fraction of sp³-hybridized carbons (Fsp3) is 0.714. The van der Waals surface area contributed by atoms with Gasteiger partial charge >= 0.3 is 0 Å². The first-order valence-electron chi connectivity index (χ1n) is 9.38. The second-order valence-corrected chi connectivity index (χ2v) is 11.9. The van der Waals surface area contributed by atoms with Gasteiger partial charge < -0.3 is 4.90 Å². The minimum absolute atomic E-state index is 0.00613. The first kappa shape index (κ1) is 20.3. The van der Waals surface area contributed by atoms with E-state index in [1.54, 1.807) is 0 Å². The molecular formula is C21H35NO2S. The van der Waals surface area contributed by atoms with E-state index >= 15 is 0 Å². The summed E-state index contributed by atoms with van der Waals surface area (Å²) >= 11 is 0. The fourth-order valence-electron chi connectivity index (χ4n) is 3.62. The van der Waals surface area contributed by atoms with Gasteiger partial charge in [0.15, 0.2) is 9.84 Å². The minimum atomic E-state index is -2.82. The van der Waals surface area contributed by atoms with Crippen molar-refractivity contribution in [2.45, 2.75) is 53.9 Å². The number of hydrogen-bond acceptors (Lipinski definition) is 3. The highest BCUT2D eigenvalue weighted by atomic mass is 32.2. The summed E-state index contributed by atoms with van der Waals surface area (Å²) in [7, 11) is -0.670. The predicted octanol–water partition coefficient (Wildman–Crippen LogP) is 4.56. The number of sulfone groups is 1. The zero-order valence-electron chi connectivity index (χ0n) is 16.8. The lowest BCUT2D eigenvalue weighted by Crippen LogP contribution is -2.28. The maximum Gasteiger partial charge on any atom is 0.150 e. The third-order valence-corrected chi connectivity index (χ3v) is 7.31. The third kappa shape index (κ3) is 6.02. The van der Waals surface area contributed by atoms with Crippen LogP contribution in [0.3, 0.4) is 0 Å². The molecule has 1 saturated heterocycles. The van der Waals surface area contributed by atoms with Gasteiger partial charge in [-0.05, 0) is 53.7 Å². The largest absolute Gasteiger partial charge is 0.375 e. The van der Waals surface area contributed by atoms with E-state index in [0.717, 1.165) is 25.8 Å². The van der Waals surface area contributed by atoms with Crippen molar-refractivity contribution >= 4 is 15.5 Å². The number of hydrogen-bond donors (Lipinski definition) is 0. The fourth-order valence-corrected chi connectivity index (χ4v) is 5.66. The van der Waals surface area contributed by atoms with E-state index in [2.05, 4.69) is 70.8 Å². The van der Waals surface area contributed by atoms with Crippen molar-refractivity contribution in [1.82, 2.24) is 0 Å². The van der Waals surface area contributed by atoms with E-state index in [9.17, 15) is 8.42 Å². The minimum Gasteiger partial charge on any atom is -0.375 e. The van der Waals surface area contributed by atoms with E-state index < -0.39 is 9.84 Å². The molecule has 1 atom stereocenters. The molecule has 4 heteroatoms. The van der Waals surface area contributed by atoms with Crippen LogP contribution in [-0.4, -0.2) is 33.5 Å². The molecule has 1 heterocycles. The standard InChI is InChI=1S/C21H35NO2S/c1-20(2,3)11-12-22(6)19-9-7-8-17(14-19)15-21(4,5)18-10-13-25(23,24)16-18/h7-9,14,18H,10-13,15-16H2,1-6H3. The molecule has 0 aliphatic carbocycles. The summed E-state index contributed by atoms with van der Waals surface area (Å²) in [5.41, 5.74) is 2.89. The van der Waals surface area contributed by atoms with Gasteiger partial charge in [0, 0.05) is 19.3 Å². The summed E-state index contributed by atoms with van der Waals surface area (Å²) in [6.45, 7) is 12.3. The second-order valence-electron chi connectivity index (χ2n) is 9.67. The van der Waals surface area contributed by atoms with Crippen molar-refractivity contribution < 1.29 is 8.42 Å². The summed E-state index contributed by atoms with van der Waals surface area (Å²) in [6, 6.07) is 8.74. The van der Waals surface area contributed by atoms with Crippen LogP contribution >= 0.6 is 0 Å². The molecule has 3 nitrogen and oxygen atoms in total. The lowest BCUT2D eigenvalue weighted by molar-refractivity contribution is 0.234. The van der Waals surface area contributed by atoms with Crippen LogP contribution in [0.4, 0.5) is 5.69 Å². The van der Waals surface area contributed by atoms with E-state index in [1.165, 1.54) is 11.3 Å². The van der Waals surface area contributed by atoms with Crippen LogP contribution in [0.5, 0.6) is 0 Å². The molecule has 1 unspecified atom stereocenters. The highest BCUT2D eigenvalue weighted by molar-refractivity contribution is 7.91. The Balaban J connectivity index is 2.05. The Labute approximate surface area is 154 Å². The van der Waals surface area contributed by atoms with Crippen molar-refractivity contribution in [3.63, 3.8) is 0 Å². The Morgan fingerprint density at radius 3 is 2.40 bits per heavy atom. The molecule has 0 amide bonds. The molecular weight excluding hydrogens is 330 g/mol. The van der Waals surface area contributed by atoms with Gasteiger partial charge in [-0.1, -0.05) is 46.8 Å². The predicted molar refractivity (Wildman–Crippen MR) is 108 cm³/mol. The van der Waals surface area contributed by atoms with E-state index in [1.807, 2.05) is 0 Å². The zero-order valence-corrected chi connectivity index (χ0v) is 17.6. The average molecular weight is 366 g/mol. The van der Waals surface area contributed by atoms with E-state index in [0.29, 0.717) is 16.9 Å². The summed E-state index contributed by atoms with van der Waals surface area (Å²) in [5.74, 6) is 0.974. The lowest BCUT2D eigenvalue weighted by Gasteiger charge is -2.31. The van der Waals surface area contributed by atoms with Crippen molar-refractivity contribution in [3.8, 4) is 0 Å². The number of rotatable bonds is 6. The Bertz CT molecular complexity index is 686. The zero-order chi connectivity index (χ0) is 18.9. The number of benzene rings is 1. The molecule has 1 aliphatic rings. The molecule has 0 N–H and O–H groups in total. The highest BCUT2D eigenvalue weighted by Gasteiger charge is 2.38. The molecule has 1 aromatic rings. The topological polar surface area (TPSA) is 37.4 Å². The molecule has 0 spiro atoms. The first-order chi connectivity index (χ1) is 11.4. The number of nitrogens with zero attached hydrogens (tertiary/aromatic N) is 1. The van der Waals surface area contributed by atoms with Gasteiger partial charge in [-0.15, -0.1) is 0 Å². The Morgan fingerprint density at radius 1 is 1.16 bits per heavy atom. The van der Waals surface area contributed by atoms with Crippen LogP contribution in [0.25, 0.3) is 0 Å². The van der Waals surface area contributed by atoms with Gasteiger partial charge in [-0.25, -0.2) is 8.42 Å². The first-order valence-corrected chi connectivity index (χ1v) is 11.2. The summed E-state index contributed by atoms with van der Waals surface area (Å²) < 4.78 is 23.7. The van der Waals surface area contributed by atoms with Crippen molar-refractivity contribution in [2.75, 3.05) is 30.0 Å². The van der Waals surface area contributed by atoms with Crippen molar-refractivity contribution in [3.05, 3.63) is 29.8 Å². The molecule has 0 radical (unpaired) electrons. The summed E-state index contributed by atoms with van der Waals surface area (Å²) in [6.07, 6.45) is 2.88. The van der Waals surface area contributed by atoms with Crippen LogP contribution < -0.4 is 4.90 Å². The summed E-state index contributed by atoms with van der Waals surface area (Å²) in [5, 5.41) is 0. The Kier molecular flexibility index (Phi) is 5.92. The molecule has 0 saturated carbocycles. The SMILES string of the molecule is CN(CCC(C)(C)C)c1cccc(CC(C)(C)C2CCS(=O)(=O)C2)c1. The van der Waals surface area contributed by atoms with Crippen LogP contribution in [-0.2, 0) is 16.3 Å². The van der Waals surface area contributed by atoms with Crippen LogP contribution in [0.2, 0.25) is 0 Å². The Morgan fingerprint density at radius 2 is 1.84 bits per heavy atom. The maximum absolute atomic E-state index is 11.8. The van der Waals surface area contributed by atoms with Gasteiger partial charge in [0.2, 0.25) is 0 Å². The molecule has 2 rings (SSSR count). The molecule has 1 aliphatic heterocycles. The molecule has 142 valence electrons. The maximum atomic E-state index is 11.8. The average Bonchev–Trinajstić information content (AvgIpc) is 2.85. The van der Waals surface area contributed by atoms with Crippen LogP contribution in [0.1, 0.15) is 53.0 Å². The second kappa shape index (κ2) is 7.30. The van der Waals surface area contributed by atoms with Crippen LogP contribution in [0.15, 0.2) is 24.3 Å². The summed E-state index contributed by atoms with van der Waals surface area (Å²) in [4.78, 5) is 2.32. The van der Waals surface area contributed by atoms with Crippen LogP contribution in [0, 0.1) is 16.7 Å². The molecule has 0 aromatic heterocycles. The highest BCUT2D eigenvalue weighted by Crippen LogP contribution is 2.38. The molecule has 0 bridgehead atoms. The smallest absolute Gasteiger partial charge is 0.150 e. The molecule has 1 fully saturated rings. The number of anilines is 1. The van der Waals surface area contributed by atoms with Gasteiger partial charge in [0.1, 0.15) is 0 Å². The van der Waals surface area contributed by atoms with Crippen molar-refractivity contribution in [2.24, 2.45) is 16.7 Å². The normalized spacial score (nSPS) is 20.6. The molecule has 1 aromatic carbocycles. The van der Waals surface area contributed by atoms with Gasteiger partial charge in [0.05, 0.1) is 11.5 Å². The molecule has 25 heavy (non-hydrogen) atoms. The quantitative estimate of drug-likeness (QED) is 0.741. The monoisotopic (exact) mass is 365 g/mol. The van der Waals surface area contributed by atoms with Gasteiger partial charge in [0.25, 0.3) is 0 Å². The lowest BCUT2D eigenvalue weighted by atomic mass is 9.74.